The van der Waals surface area contributed by atoms with Gasteiger partial charge >= 0.3 is 0 Å². The van der Waals surface area contributed by atoms with Crippen LogP contribution in [0.1, 0.15) is 17.6 Å². The zero-order valence-corrected chi connectivity index (χ0v) is 6.94. The summed E-state index contributed by atoms with van der Waals surface area (Å²) in [6.45, 7) is 0. The fraction of sp³-hybridized carbons (Fsp3) is 0.125. The second-order valence-corrected chi connectivity index (χ2v) is 2.73. The van der Waals surface area contributed by atoms with E-state index >= 15 is 0 Å². The summed E-state index contributed by atoms with van der Waals surface area (Å²) in [4.78, 5) is 0.218. The molecule has 64 valence electrons. The number of nitrogens with two attached hydrogens (primary N) is 1. The van der Waals surface area contributed by atoms with Crippen molar-refractivity contribution < 1.29 is 8.78 Å². The van der Waals surface area contributed by atoms with Crippen LogP contribution in [0.2, 0.25) is 0 Å². The first-order valence-corrected chi connectivity index (χ1v) is 3.70. The fourth-order valence-corrected chi connectivity index (χ4v) is 0.929. The fourth-order valence-electron chi connectivity index (χ4n) is 0.793. The van der Waals surface area contributed by atoms with Crippen molar-refractivity contribution in [1.29, 1.82) is 0 Å². The van der Waals surface area contributed by atoms with E-state index in [-0.39, 0.29) is 10.6 Å². The lowest BCUT2D eigenvalue weighted by atomic mass is 10.1. The van der Waals surface area contributed by atoms with Crippen molar-refractivity contribution in [2.75, 3.05) is 0 Å². The Labute approximate surface area is 74.2 Å². The molecule has 0 saturated heterocycles. The Morgan fingerprint density at radius 1 is 1.25 bits per heavy atom. The lowest BCUT2D eigenvalue weighted by Crippen LogP contribution is -2.08. The van der Waals surface area contributed by atoms with Gasteiger partial charge in [-0.2, -0.15) is 0 Å². The van der Waals surface area contributed by atoms with Gasteiger partial charge in [0.1, 0.15) is 4.99 Å². The van der Waals surface area contributed by atoms with Gasteiger partial charge in [-0.25, -0.2) is 8.78 Å². The van der Waals surface area contributed by atoms with Crippen LogP contribution in [0.25, 0.3) is 0 Å². The molecule has 1 nitrogen and oxygen atoms in total. The van der Waals surface area contributed by atoms with E-state index < -0.39 is 6.43 Å². The van der Waals surface area contributed by atoms with Gasteiger partial charge in [0.15, 0.2) is 0 Å². The lowest BCUT2D eigenvalue weighted by molar-refractivity contribution is 0.151. The van der Waals surface area contributed by atoms with Crippen LogP contribution in [0.3, 0.4) is 0 Å². The normalized spacial score (nSPS) is 10.2. The molecule has 0 bridgehead atoms. The van der Waals surface area contributed by atoms with E-state index in [1.165, 1.54) is 24.3 Å². The highest BCUT2D eigenvalue weighted by Gasteiger charge is 2.05. The predicted octanol–water partition coefficient (Wildman–Crippen LogP) is 2.26. The van der Waals surface area contributed by atoms with E-state index in [4.69, 9.17) is 5.73 Å². The van der Waals surface area contributed by atoms with Crippen LogP contribution in [0.5, 0.6) is 0 Å². The van der Waals surface area contributed by atoms with Crippen LogP contribution in [-0.4, -0.2) is 4.99 Å². The van der Waals surface area contributed by atoms with E-state index in [1.54, 1.807) is 0 Å². The van der Waals surface area contributed by atoms with Crippen molar-refractivity contribution >= 4 is 17.2 Å². The monoisotopic (exact) mass is 187 g/mol. The SMILES string of the molecule is NC(=S)c1ccc(C(F)F)cc1. The molecule has 12 heavy (non-hydrogen) atoms. The first kappa shape index (κ1) is 9.06. The molecule has 0 radical (unpaired) electrons. The Morgan fingerprint density at radius 3 is 2.08 bits per heavy atom. The Hall–Kier alpha value is -1.03. The molecule has 0 aliphatic rings. The van der Waals surface area contributed by atoms with Crippen molar-refractivity contribution in [3.8, 4) is 0 Å². The predicted molar refractivity (Wildman–Crippen MR) is 47.3 cm³/mol. The highest BCUT2D eigenvalue weighted by molar-refractivity contribution is 7.80. The van der Waals surface area contributed by atoms with Gasteiger partial charge in [0.25, 0.3) is 6.43 Å². The van der Waals surface area contributed by atoms with Crippen molar-refractivity contribution in [2.45, 2.75) is 6.43 Å². The smallest absolute Gasteiger partial charge is 0.263 e. The van der Waals surface area contributed by atoms with Crippen LogP contribution in [0, 0.1) is 0 Å². The highest BCUT2D eigenvalue weighted by atomic mass is 32.1. The van der Waals surface area contributed by atoms with Crippen LogP contribution in [0.15, 0.2) is 24.3 Å². The maximum absolute atomic E-state index is 12.0. The van der Waals surface area contributed by atoms with E-state index in [0.717, 1.165) is 0 Å². The van der Waals surface area contributed by atoms with Gasteiger partial charge in [-0.3, -0.25) is 0 Å². The Bertz CT molecular complexity index is 282. The summed E-state index contributed by atoms with van der Waals surface area (Å²) in [5, 5.41) is 0. The first-order valence-electron chi connectivity index (χ1n) is 3.29. The molecular formula is C8H7F2NS. The van der Waals surface area contributed by atoms with Crippen molar-refractivity contribution in [1.82, 2.24) is 0 Å². The van der Waals surface area contributed by atoms with Crippen molar-refractivity contribution in [3.05, 3.63) is 35.4 Å². The van der Waals surface area contributed by atoms with Crippen LogP contribution < -0.4 is 5.73 Å². The largest absolute Gasteiger partial charge is 0.389 e. The number of thiocarbonyl (C=S) groups is 1. The number of benzene rings is 1. The number of hydrogen-bond donors (Lipinski definition) is 1. The van der Waals surface area contributed by atoms with Crippen molar-refractivity contribution in [2.24, 2.45) is 5.73 Å². The molecule has 1 aromatic carbocycles. The second kappa shape index (κ2) is 3.58. The topological polar surface area (TPSA) is 26.0 Å². The molecular weight excluding hydrogens is 180 g/mol. The third-order valence-corrected chi connectivity index (χ3v) is 1.68. The summed E-state index contributed by atoms with van der Waals surface area (Å²) in [5.41, 5.74) is 5.87. The van der Waals surface area contributed by atoms with Crippen LogP contribution in [-0.2, 0) is 0 Å². The molecule has 0 aliphatic heterocycles. The zero-order valence-electron chi connectivity index (χ0n) is 6.13. The number of rotatable bonds is 2. The summed E-state index contributed by atoms with van der Waals surface area (Å²) in [6.07, 6.45) is -2.44. The molecule has 2 N–H and O–H groups in total. The van der Waals surface area contributed by atoms with Gasteiger partial charge in [-0.15, -0.1) is 0 Å². The molecule has 0 amide bonds. The molecule has 0 aromatic heterocycles. The molecule has 0 saturated carbocycles. The maximum atomic E-state index is 12.0. The van der Waals surface area contributed by atoms with Gasteiger partial charge in [-0.05, 0) is 0 Å². The third-order valence-electron chi connectivity index (χ3n) is 1.45. The Morgan fingerprint density at radius 2 is 1.75 bits per heavy atom. The summed E-state index contributed by atoms with van der Waals surface area (Å²) < 4.78 is 24.1. The molecule has 0 atom stereocenters. The lowest BCUT2D eigenvalue weighted by Gasteiger charge is -2.00. The standard InChI is InChI=1S/C8H7F2NS/c9-7(10)5-1-3-6(4-2-5)8(11)12/h1-4,7H,(H2,11,12). The van der Waals surface area contributed by atoms with Crippen molar-refractivity contribution in [3.63, 3.8) is 0 Å². The maximum Gasteiger partial charge on any atom is 0.263 e. The molecule has 0 unspecified atom stereocenters. The van der Waals surface area contributed by atoms with Gasteiger partial charge in [0.05, 0.1) is 0 Å². The minimum absolute atomic E-state index is 0.0185. The van der Waals surface area contributed by atoms with Crippen LogP contribution >= 0.6 is 12.2 Å². The third kappa shape index (κ3) is 1.98. The van der Waals surface area contributed by atoms with Gasteiger partial charge in [-0.1, -0.05) is 36.5 Å². The average Bonchev–Trinajstić information content (AvgIpc) is 2.04. The minimum Gasteiger partial charge on any atom is -0.389 e. The highest BCUT2D eigenvalue weighted by Crippen LogP contribution is 2.18. The zero-order chi connectivity index (χ0) is 9.14. The van der Waals surface area contributed by atoms with E-state index in [9.17, 15) is 8.78 Å². The Balaban J connectivity index is 2.93. The van der Waals surface area contributed by atoms with Gasteiger partial charge < -0.3 is 5.73 Å². The molecule has 0 fully saturated rings. The van der Waals surface area contributed by atoms with Gasteiger partial charge in [0.2, 0.25) is 0 Å². The molecule has 0 spiro atoms. The summed E-state index contributed by atoms with van der Waals surface area (Å²) in [5.74, 6) is 0. The van der Waals surface area contributed by atoms with E-state index in [0.29, 0.717) is 5.56 Å². The summed E-state index contributed by atoms with van der Waals surface area (Å²) >= 11 is 4.66. The van der Waals surface area contributed by atoms with Gasteiger partial charge in [0, 0.05) is 11.1 Å². The number of alkyl halides is 2. The average molecular weight is 187 g/mol. The summed E-state index contributed by atoms with van der Waals surface area (Å²) in [6, 6.07) is 5.62. The van der Waals surface area contributed by atoms with E-state index in [2.05, 4.69) is 12.2 Å². The number of hydrogen-bond acceptors (Lipinski definition) is 1. The first-order chi connectivity index (χ1) is 5.61. The molecule has 0 aliphatic carbocycles. The molecule has 0 heterocycles. The van der Waals surface area contributed by atoms with Crippen LogP contribution in [0.4, 0.5) is 8.78 Å². The molecule has 1 rings (SSSR count). The van der Waals surface area contributed by atoms with E-state index in [1.807, 2.05) is 0 Å². The second-order valence-electron chi connectivity index (χ2n) is 2.29. The molecule has 4 heteroatoms. The quantitative estimate of drug-likeness (QED) is 0.719. The number of halogens is 2. The summed E-state index contributed by atoms with van der Waals surface area (Å²) in [7, 11) is 0. The minimum atomic E-state index is -2.44. The molecule has 1 aromatic rings. The Kier molecular flexibility index (Phi) is 2.70.